The van der Waals surface area contributed by atoms with E-state index >= 15 is 0 Å². The van der Waals surface area contributed by atoms with Gasteiger partial charge in [-0.05, 0) is 56.9 Å². The zero-order valence-corrected chi connectivity index (χ0v) is 17.1. The van der Waals surface area contributed by atoms with Gasteiger partial charge in [-0.1, -0.05) is 19.8 Å². The number of amides is 2. The van der Waals surface area contributed by atoms with Crippen LogP contribution in [0.1, 0.15) is 83.1 Å². The number of Topliss-reactive ketones (excluding diaryl/α,β-unsaturated/α-hetero) is 1. The van der Waals surface area contributed by atoms with E-state index in [9.17, 15) is 14.4 Å². The quantitative estimate of drug-likeness (QED) is 0.527. The monoisotopic (exact) mass is 396 g/mol. The molecule has 7 heteroatoms. The summed E-state index contributed by atoms with van der Waals surface area (Å²) in [5.41, 5.74) is 2.36. The summed E-state index contributed by atoms with van der Waals surface area (Å²) in [5, 5.41) is 5.75. The van der Waals surface area contributed by atoms with E-state index in [-0.39, 0.29) is 23.4 Å². The lowest BCUT2D eigenvalue weighted by Crippen LogP contribution is -2.26. The van der Waals surface area contributed by atoms with Crippen molar-refractivity contribution in [2.24, 2.45) is 0 Å². The van der Waals surface area contributed by atoms with Gasteiger partial charge in [-0.3, -0.25) is 14.4 Å². The fourth-order valence-electron chi connectivity index (χ4n) is 3.53. The molecule has 7 nitrogen and oxygen atoms in total. The topological polar surface area (TPSA) is 93.1 Å². The molecular weight excluding hydrogens is 368 g/mol. The summed E-state index contributed by atoms with van der Waals surface area (Å²) in [7, 11) is 0. The lowest BCUT2D eigenvalue weighted by atomic mass is 10.1. The molecule has 1 aliphatic heterocycles. The highest BCUT2D eigenvalue weighted by atomic mass is 16.2. The second-order valence-corrected chi connectivity index (χ2v) is 7.39. The van der Waals surface area contributed by atoms with E-state index in [1.54, 1.807) is 24.3 Å². The van der Waals surface area contributed by atoms with Crippen LogP contribution in [0.15, 0.2) is 24.3 Å². The van der Waals surface area contributed by atoms with E-state index in [4.69, 9.17) is 0 Å². The number of aromatic nitrogens is 2. The Bertz CT molecular complexity index is 900. The van der Waals surface area contributed by atoms with Crippen LogP contribution in [0.2, 0.25) is 0 Å². The Labute approximate surface area is 170 Å². The van der Waals surface area contributed by atoms with Crippen LogP contribution >= 0.6 is 0 Å². The Balaban J connectivity index is 1.77. The second-order valence-electron chi connectivity index (χ2n) is 7.39. The maximum absolute atomic E-state index is 12.8. The molecule has 2 amide bonds. The molecule has 29 heavy (non-hydrogen) atoms. The van der Waals surface area contributed by atoms with Crippen molar-refractivity contribution in [3.8, 4) is 0 Å². The molecule has 0 saturated carbocycles. The lowest BCUT2D eigenvalue weighted by molar-refractivity contribution is 0.0946. The molecule has 0 aliphatic carbocycles. The number of hydrogen-bond donors (Lipinski definition) is 2. The van der Waals surface area contributed by atoms with Crippen LogP contribution in [0.4, 0.5) is 5.69 Å². The molecule has 2 aromatic rings. The maximum atomic E-state index is 12.8. The molecule has 0 atom stereocenters. The van der Waals surface area contributed by atoms with Gasteiger partial charge >= 0.3 is 0 Å². The molecule has 1 aromatic heterocycles. The number of benzene rings is 1. The van der Waals surface area contributed by atoms with Gasteiger partial charge in [0.05, 0.1) is 5.69 Å². The molecule has 0 saturated heterocycles. The highest BCUT2D eigenvalue weighted by molar-refractivity contribution is 6.04. The van der Waals surface area contributed by atoms with Gasteiger partial charge in [0.15, 0.2) is 11.6 Å². The average Bonchev–Trinajstić information content (AvgIpc) is 3.11. The maximum Gasteiger partial charge on any atom is 0.291 e. The molecule has 2 heterocycles. The summed E-state index contributed by atoms with van der Waals surface area (Å²) in [6.07, 6.45) is 5.77. The molecule has 0 bridgehead atoms. The van der Waals surface area contributed by atoms with Gasteiger partial charge in [0.2, 0.25) is 0 Å². The number of imidazole rings is 1. The standard InChI is InChI=1S/C22H28N4O3/c1-3-4-6-13-23-21(28)19-18-8-5-7-14-26(18)20(25-19)22(29)24-17-11-9-16(10-12-17)15(2)27/h9-12H,3-8,13-14H2,1-2H3,(H,23,28)(H,24,29). The van der Waals surface area contributed by atoms with E-state index in [1.165, 1.54) is 6.92 Å². The minimum atomic E-state index is -0.353. The molecular formula is C22H28N4O3. The number of fused-ring (bicyclic) bond motifs is 1. The SMILES string of the molecule is CCCCCNC(=O)c1nc(C(=O)Nc2ccc(C(C)=O)cc2)n2c1CCCC2. The zero-order chi connectivity index (χ0) is 20.8. The van der Waals surface area contributed by atoms with E-state index in [2.05, 4.69) is 22.5 Å². The minimum absolute atomic E-state index is 0.0280. The second kappa shape index (κ2) is 9.49. The molecule has 0 unspecified atom stereocenters. The Morgan fingerprint density at radius 3 is 2.52 bits per heavy atom. The first-order chi connectivity index (χ1) is 14.0. The van der Waals surface area contributed by atoms with Crippen molar-refractivity contribution in [3.05, 3.63) is 47.0 Å². The Hall–Kier alpha value is -2.96. The predicted octanol–water partition coefficient (Wildman–Crippen LogP) is 3.59. The number of hydrogen-bond acceptors (Lipinski definition) is 4. The first kappa shape index (κ1) is 20.8. The van der Waals surface area contributed by atoms with Crippen LogP contribution in [0.3, 0.4) is 0 Å². The highest BCUT2D eigenvalue weighted by Crippen LogP contribution is 2.22. The first-order valence-electron chi connectivity index (χ1n) is 10.3. The summed E-state index contributed by atoms with van der Waals surface area (Å²) in [6.45, 7) is 4.91. The lowest BCUT2D eigenvalue weighted by Gasteiger charge is -2.17. The van der Waals surface area contributed by atoms with Gasteiger partial charge in [-0.25, -0.2) is 4.98 Å². The summed E-state index contributed by atoms with van der Waals surface area (Å²) in [5.74, 6) is -0.334. The highest BCUT2D eigenvalue weighted by Gasteiger charge is 2.27. The van der Waals surface area contributed by atoms with Gasteiger partial charge in [0.1, 0.15) is 5.69 Å². The minimum Gasteiger partial charge on any atom is -0.351 e. The molecule has 0 fully saturated rings. The van der Waals surface area contributed by atoms with Gasteiger partial charge in [-0.15, -0.1) is 0 Å². The Kier molecular flexibility index (Phi) is 6.80. The molecule has 154 valence electrons. The summed E-state index contributed by atoms with van der Waals surface area (Å²) < 4.78 is 1.86. The molecule has 3 rings (SSSR count). The molecule has 0 spiro atoms. The fourth-order valence-corrected chi connectivity index (χ4v) is 3.53. The third-order valence-corrected chi connectivity index (χ3v) is 5.15. The molecule has 0 radical (unpaired) electrons. The van der Waals surface area contributed by atoms with Gasteiger partial charge < -0.3 is 15.2 Å². The number of unbranched alkanes of at least 4 members (excludes halogenated alkanes) is 2. The number of nitrogens with one attached hydrogen (secondary N) is 2. The van der Waals surface area contributed by atoms with Gasteiger partial charge in [-0.2, -0.15) is 0 Å². The van der Waals surface area contributed by atoms with Gasteiger partial charge in [0.25, 0.3) is 11.8 Å². The van der Waals surface area contributed by atoms with Crippen molar-refractivity contribution < 1.29 is 14.4 Å². The van der Waals surface area contributed by atoms with Gasteiger partial charge in [0, 0.05) is 24.3 Å². The van der Waals surface area contributed by atoms with E-state index in [1.807, 2.05) is 4.57 Å². The van der Waals surface area contributed by atoms with Crippen LogP contribution in [-0.4, -0.2) is 33.7 Å². The zero-order valence-electron chi connectivity index (χ0n) is 17.1. The number of rotatable bonds is 8. The third kappa shape index (κ3) is 4.91. The number of anilines is 1. The van der Waals surface area contributed by atoms with Crippen LogP contribution in [0.5, 0.6) is 0 Å². The van der Waals surface area contributed by atoms with Crippen LogP contribution in [0.25, 0.3) is 0 Å². The fraction of sp³-hybridized carbons (Fsp3) is 0.455. The summed E-state index contributed by atoms with van der Waals surface area (Å²) in [6, 6.07) is 6.73. The van der Waals surface area contributed by atoms with Crippen molar-refractivity contribution in [1.82, 2.24) is 14.9 Å². The predicted molar refractivity (Wildman–Crippen MR) is 111 cm³/mol. The Morgan fingerprint density at radius 1 is 1.07 bits per heavy atom. The van der Waals surface area contributed by atoms with Crippen LogP contribution < -0.4 is 10.6 Å². The smallest absolute Gasteiger partial charge is 0.291 e. The normalized spacial score (nSPS) is 12.9. The molecule has 1 aromatic carbocycles. The Morgan fingerprint density at radius 2 is 1.83 bits per heavy atom. The van der Waals surface area contributed by atoms with Crippen molar-refractivity contribution in [2.45, 2.75) is 58.9 Å². The summed E-state index contributed by atoms with van der Waals surface area (Å²) in [4.78, 5) is 41.3. The third-order valence-electron chi connectivity index (χ3n) is 5.15. The first-order valence-corrected chi connectivity index (χ1v) is 10.3. The largest absolute Gasteiger partial charge is 0.351 e. The average molecular weight is 396 g/mol. The number of carbonyl (C=O) groups is 3. The van der Waals surface area contributed by atoms with Crippen molar-refractivity contribution in [2.75, 3.05) is 11.9 Å². The molecule has 1 aliphatic rings. The number of nitrogens with zero attached hydrogens (tertiary/aromatic N) is 2. The number of carbonyl (C=O) groups excluding carboxylic acids is 3. The van der Waals surface area contributed by atoms with E-state index < -0.39 is 0 Å². The van der Waals surface area contributed by atoms with Crippen molar-refractivity contribution in [1.29, 1.82) is 0 Å². The van der Waals surface area contributed by atoms with E-state index in [0.29, 0.717) is 30.0 Å². The van der Waals surface area contributed by atoms with E-state index in [0.717, 1.165) is 44.2 Å². The van der Waals surface area contributed by atoms with Crippen molar-refractivity contribution in [3.63, 3.8) is 0 Å². The number of ketones is 1. The summed E-state index contributed by atoms with van der Waals surface area (Å²) >= 11 is 0. The van der Waals surface area contributed by atoms with Crippen LogP contribution in [0, 0.1) is 0 Å². The van der Waals surface area contributed by atoms with Crippen molar-refractivity contribution >= 4 is 23.3 Å². The molecule has 2 N–H and O–H groups in total. The van der Waals surface area contributed by atoms with Crippen LogP contribution in [-0.2, 0) is 13.0 Å².